The van der Waals surface area contributed by atoms with Crippen LogP contribution < -0.4 is 68.9 Å². The van der Waals surface area contributed by atoms with Crippen LogP contribution in [0.4, 0.5) is 0 Å². The molecule has 0 saturated carbocycles. The molecule has 2 N–H and O–H groups in total. The molecular formula is C7H17Na2O7PS. The Bertz CT molecular complexity index is 295. The van der Waals surface area contributed by atoms with Crippen LogP contribution >= 0.6 is 7.82 Å². The molecule has 0 heterocycles. The molecule has 0 aliphatic rings. The zero-order valence-corrected chi connectivity index (χ0v) is 16.7. The smallest absolute Gasteiger partial charge is 0.790 e. The fourth-order valence-corrected chi connectivity index (χ4v) is 1.46. The quantitative estimate of drug-likeness (QED) is 0.215. The predicted octanol–water partition coefficient (Wildman–Crippen LogP) is -6.34. The molecule has 0 bridgehead atoms. The van der Waals surface area contributed by atoms with Crippen molar-refractivity contribution in [2.24, 2.45) is 0 Å². The molecule has 0 fully saturated rings. The number of rotatable bonds is 6. The van der Waals surface area contributed by atoms with Crippen LogP contribution in [0, 0.1) is 0 Å². The Morgan fingerprint density at radius 3 is 1.67 bits per heavy atom. The summed E-state index contributed by atoms with van der Waals surface area (Å²) in [7, 11) is -8.85. The summed E-state index contributed by atoms with van der Waals surface area (Å²) in [5.74, 6) is -0.0866. The molecule has 0 radical (unpaired) electrons. The van der Waals surface area contributed by atoms with Gasteiger partial charge in [0.2, 0.25) is 0 Å². The van der Waals surface area contributed by atoms with Gasteiger partial charge in [0, 0.05) is 0 Å². The van der Waals surface area contributed by atoms with Crippen LogP contribution in [0.3, 0.4) is 0 Å². The second-order valence-corrected chi connectivity index (χ2v) is 5.68. The van der Waals surface area contributed by atoms with Gasteiger partial charge in [0.1, 0.15) is 0 Å². The van der Waals surface area contributed by atoms with Crippen molar-refractivity contribution < 1.29 is 91.3 Å². The van der Waals surface area contributed by atoms with Gasteiger partial charge in [-0.3, -0.25) is 4.55 Å². The summed E-state index contributed by atoms with van der Waals surface area (Å²) >= 11 is 0. The molecule has 0 spiro atoms. The molecule has 0 rings (SSSR count). The van der Waals surface area contributed by atoms with Crippen LogP contribution in [-0.2, 0) is 14.7 Å². The molecular weight excluding hydrogens is 305 g/mol. The van der Waals surface area contributed by atoms with Gasteiger partial charge in [-0.25, -0.2) is 0 Å². The molecule has 0 saturated heterocycles. The number of phosphoric acid groups is 1. The second kappa shape index (κ2) is 15.4. The van der Waals surface area contributed by atoms with Gasteiger partial charge >= 0.3 is 59.1 Å². The van der Waals surface area contributed by atoms with Gasteiger partial charge in [-0.1, -0.05) is 32.6 Å². The zero-order valence-electron chi connectivity index (χ0n) is 11.0. The standard InChI is InChI=1S/C7H16O3S.2Na.H3O4P/c1-2-3-4-5-6-7-11(8,9)10;;;1-5(2,3)4/h2-7H2,1H3,(H,8,9,10);;;(H3,1,2,3,4)/q;2*+1;/p-2. The van der Waals surface area contributed by atoms with Gasteiger partial charge in [-0.15, -0.1) is 0 Å². The Balaban J connectivity index is -0.000000122. The first-order chi connectivity index (χ1) is 7.06. The fraction of sp³-hybridized carbons (Fsp3) is 1.00. The van der Waals surface area contributed by atoms with Gasteiger partial charge in [0.15, 0.2) is 0 Å². The van der Waals surface area contributed by atoms with Crippen molar-refractivity contribution in [3.63, 3.8) is 0 Å². The van der Waals surface area contributed by atoms with Crippen molar-refractivity contribution >= 4 is 17.9 Å². The third kappa shape index (κ3) is 52.0. The molecule has 0 aromatic carbocycles. The Hall–Kier alpha value is 2.02. The van der Waals surface area contributed by atoms with Gasteiger partial charge in [0.25, 0.3) is 10.1 Å². The Kier molecular flexibility index (Phi) is 24.2. The average molecular weight is 322 g/mol. The van der Waals surface area contributed by atoms with Gasteiger partial charge in [-0.2, -0.15) is 8.42 Å². The van der Waals surface area contributed by atoms with E-state index in [-0.39, 0.29) is 64.9 Å². The molecule has 7 nitrogen and oxygen atoms in total. The molecule has 0 amide bonds. The SMILES string of the molecule is CCCCCCCS(=O)(=O)O.O=P([O-])([O-])O.[Na+].[Na+]. The third-order valence-electron chi connectivity index (χ3n) is 1.51. The number of unbranched alkanes of at least 4 members (excludes halogenated alkanes) is 4. The van der Waals surface area contributed by atoms with E-state index < -0.39 is 17.9 Å². The van der Waals surface area contributed by atoms with Gasteiger partial charge in [0.05, 0.1) is 13.6 Å². The van der Waals surface area contributed by atoms with Crippen LogP contribution in [-0.4, -0.2) is 23.6 Å². The summed E-state index contributed by atoms with van der Waals surface area (Å²) in [5.41, 5.74) is 0. The van der Waals surface area contributed by atoms with Crippen LogP contribution in [0.1, 0.15) is 39.0 Å². The minimum absolute atomic E-state index is 0. The molecule has 11 heteroatoms. The van der Waals surface area contributed by atoms with E-state index in [1.165, 1.54) is 0 Å². The number of hydrogen-bond acceptors (Lipinski definition) is 5. The first-order valence-corrected chi connectivity index (χ1v) is 7.86. The van der Waals surface area contributed by atoms with E-state index in [0.29, 0.717) is 6.42 Å². The van der Waals surface area contributed by atoms with E-state index in [2.05, 4.69) is 6.92 Å². The maximum Gasteiger partial charge on any atom is 1.00 e. The van der Waals surface area contributed by atoms with Crippen LogP contribution in [0.25, 0.3) is 0 Å². The maximum atomic E-state index is 10.2. The molecule has 0 aromatic heterocycles. The fourth-order valence-electron chi connectivity index (χ4n) is 0.888. The summed E-state index contributed by atoms with van der Waals surface area (Å²) in [6.07, 6.45) is 4.83. The summed E-state index contributed by atoms with van der Waals surface area (Å²) in [6, 6.07) is 0. The largest absolute Gasteiger partial charge is 1.00 e. The van der Waals surface area contributed by atoms with Crippen molar-refractivity contribution in [2.75, 3.05) is 5.75 Å². The minimum atomic E-state index is -5.14. The molecule has 0 aliphatic heterocycles. The van der Waals surface area contributed by atoms with Gasteiger partial charge in [-0.05, 0) is 6.42 Å². The minimum Gasteiger partial charge on any atom is -0.790 e. The summed E-state index contributed by atoms with van der Waals surface area (Å²) in [4.78, 5) is 24.3. The Morgan fingerprint density at radius 1 is 1.06 bits per heavy atom. The molecule has 0 atom stereocenters. The Morgan fingerprint density at radius 2 is 1.39 bits per heavy atom. The predicted molar refractivity (Wildman–Crippen MR) is 55.0 cm³/mol. The van der Waals surface area contributed by atoms with Crippen molar-refractivity contribution in [1.29, 1.82) is 0 Å². The second-order valence-electron chi connectivity index (χ2n) is 3.17. The van der Waals surface area contributed by atoms with Crippen molar-refractivity contribution in [3.8, 4) is 0 Å². The molecule has 0 unspecified atom stereocenters. The first kappa shape index (κ1) is 28.2. The monoisotopic (exact) mass is 322 g/mol. The molecule has 0 aromatic rings. The molecule has 18 heavy (non-hydrogen) atoms. The summed E-state index contributed by atoms with van der Waals surface area (Å²) in [6.45, 7) is 2.10. The summed E-state index contributed by atoms with van der Waals surface area (Å²) < 4.78 is 37.4. The zero-order chi connectivity index (χ0) is 13.2. The third-order valence-corrected chi connectivity index (χ3v) is 2.31. The summed E-state index contributed by atoms with van der Waals surface area (Å²) in [5, 5.41) is 0. The maximum absolute atomic E-state index is 10.2. The van der Waals surface area contributed by atoms with Gasteiger partial charge < -0.3 is 19.2 Å². The van der Waals surface area contributed by atoms with E-state index >= 15 is 0 Å². The average Bonchev–Trinajstić information content (AvgIpc) is 1.98. The first-order valence-electron chi connectivity index (χ1n) is 4.76. The van der Waals surface area contributed by atoms with E-state index in [4.69, 9.17) is 23.8 Å². The molecule has 0 aliphatic carbocycles. The van der Waals surface area contributed by atoms with E-state index in [9.17, 15) is 8.42 Å². The number of hydrogen-bond donors (Lipinski definition) is 2. The normalized spacial score (nSPS) is 10.5. The van der Waals surface area contributed by atoms with E-state index in [1.54, 1.807) is 0 Å². The van der Waals surface area contributed by atoms with Crippen molar-refractivity contribution in [1.82, 2.24) is 0 Å². The van der Waals surface area contributed by atoms with Crippen LogP contribution in [0.5, 0.6) is 0 Å². The topological polar surface area (TPSA) is 138 Å². The Labute approximate surface area is 152 Å². The van der Waals surface area contributed by atoms with Crippen molar-refractivity contribution in [2.45, 2.75) is 39.0 Å². The molecule has 100 valence electrons. The van der Waals surface area contributed by atoms with E-state index in [1.807, 2.05) is 0 Å². The van der Waals surface area contributed by atoms with E-state index in [0.717, 1.165) is 25.7 Å². The van der Waals surface area contributed by atoms with Crippen LogP contribution in [0.15, 0.2) is 0 Å². The van der Waals surface area contributed by atoms with Crippen LogP contribution in [0.2, 0.25) is 0 Å². The van der Waals surface area contributed by atoms with Crippen molar-refractivity contribution in [3.05, 3.63) is 0 Å².